The molecular formula is C18H33N7O2. The first-order chi connectivity index (χ1) is 12.7. The van der Waals surface area contributed by atoms with Gasteiger partial charge >= 0.3 is 6.09 Å². The highest BCUT2D eigenvalue weighted by molar-refractivity contribution is 5.80. The van der Waals surface area contributed by atoms with Gasteiger partial charge in [-0.1, -0.05) is 13.8 Å². The maximum atomic E-state index is 12.1. The molecule has 0 bridgehead atoms. The van der Waals surface area contributed by atoms with Crippen LogP contribution in [-0.4, -0.2) is 58.1 Å². The molecule has 0 aromatic carbocycles. The highest BCUT2D eigenvalue weighted by atomic mass is 16.6. The van der Waals surface area contributed by atoms with E-state index in [9.17, 15) is 4.79 Å². The molecule has 0 aliphatic carbocycles. The van der Waals surface area contributed by atoms with Crippen molar-refractivity contribution >= 4 is 12.1 Å². The lowest BCUT2D eigenvalue weighted by molar-refractivity contribution is 0.0491. The number of rotatable bonds is 5. The van der Waals surface area contributed by atoms with Crippen molar-refractivity contribution in [2.75, 3.05) is 13.6 Å². The molecule has 1 aliphatic rings. The number of aliphatic imine (C=N–C) groups is 1. The van der Waals surface area contributed by atoms with Crippen molar-refractivity contribution in [2.45, 2.75) is 71.7 Å². The van der Waals surface area contributed by atoms with Gasteiger partial charge in [-0.3, -0.25) is 4.99 Å². The number of guanidine groups is 1. The molecular weight excluding hydrogens is 346 g/mol. The number of amides is 1. The van der Waals surface area contributed by atoms with E-state index in [1.807, 2.05) is 25.5 Å². The van der Waals surface area contributed by atoms with Crippen LogP contribution in [0, 0.1) is 5.92 Å². The highest BCUT2D eigenvalue weighted by Crippen LogP contribution is 2.11. The minimum atomic E-state index is -0.516. The Morgan fingerprint density at radius 1 is 1.44 bits per heavy atom. The van der Waals surface area contributed by atoms with Crippen LogP contribution >= 0.6 is 0 Å². The number of nitrogens with zero attached hydrogens (tertiary/aromatic N) is 4. The third-order valence-corrected chi connectivity index (χ3v) is 4.37. The van der Waals surface area contributed by atoms with Gasteiger partial charge in [0.25, 0.3) is 0 Å². The Labute approximate surface area is 161 Å². The number of fused-ring (bicyclic) bond motifs is 1. The zero-order chi connectivity index (χ0) is 20.0. The smallest absolute Gasteiger partial charge is 0.407 e. The monoisotopic (exact) mass is 379 g/mol. The van der Waals surface area contributed by atoms with E-state index in [4.69, 9.17) is 4.74 Å². The standard InChI is InChI=1S/C18H33N7O2/c1-12(2)14(24-17(26)27-18(3,4)5)9-20-16(19-6)23-13-7-8-15-21-11-22-25(15)10-13/h11-14H,7-10H2,1-6H3,(H,24,26)(H2,19,20,23). The first-order valence-electron chi connectivity index (χ1n) is 9.51. The molecule has 0 spiro atoms. The van der Waals surface area contributed by atoms with Crippen LogP contribution < -0.4 is 16.0 Å². The van der Waals surface area contributed by atoms with Crippen LogP contribution in [0.25, 0.3) is 0 Å². The Bertz CT molecular complexity index is 648. The van der Waals surface area contributed by atoms with Crippen molar-refractivity contribution in [1.29, 1.82) is 0 Å². The van der Waals surface area contributed by atoms with E-state index in [1.165, 1.54) is 0 Å². The van der Waals surface area contributed by atoms with E-state index in [1.54, 1.807) is 13.4 Å². The number of alkyl carbamates (subject to hydrolysis) is 1. The molecule has 2 unspecified atom stereocenters. The first kappa shape index (κ1) is 21.0. The Morgan fingerprint density at radius 3 is 2.81 bits per heavy atom. The van der Waals surface area contributed by atoms with Gasteiger partial charge in [-0.25, -0.2) is 14.5 Å². The zero-order valence-corrected chi connectivity index (χ0v) is 17.2. The Kier molecular flexibility index (Phi) is 7.04. The van der Waals surface area contributed by atoms with Crippen LogP contribution in [0.1, 0.15) is 46.9 Å². The third kappa shape index (κ3) is 6.73. The fraction of sp³-hybridized carbons (Fsp3) is 0.778. The summed E-state index contributed by atoms with van der Waals surface area (Å²) >= 11 is 0. The second-order valence-electron chi connectivity index (χ2n) is 8.19. The average Bonchev–Trinajstić information content (AvgIpc) is 3.03. The minimum Gasteiger partial charge on any atom is -0.444 e. The molecule has 1 aromatic heterocycles. The van der Waals surface area contributed by atoms with Gasteiger partial charge in [0.1, 0.15) is 17.8 Å². The molecule has 152 valence electrons. The molecule has 1 aliphatic heterocycles. The van der Waals surface area contributed by atoms with Crippen molar-refractivity contribution < 1.29 is 9.53 Å². The van der Waals surface area contributed by atoms with E-state index in [0.717, 1.165) is 25.2 Å². The molecule has 2 rings (SSSR count). The number of nitrogens with one attached hydrogen (secondary N) is 3. The number of hydrogen-bond donors (Lipinski definition) is 3. The maximum absolute atomic E-state index is 12.1. The number of aromatic nitrogens is 3. The fourth-order valence-corrected chi connectivity index (χ4v) is 2.86. The highest BCUT2D eigenvalue weighted by Gasteiger charge is 2.23. The molecule has 2 atom stereocenters. The van der Waals surface area contributed by atoms with E-state index in [-0.39, 0.29) is 18.0 Å². The van der Waals surface area contributed by atoms with E-state index < -0.39 is 11.7 Å². The van der Waals surface area contributed by atoms with Crippen molar-refractivity contribution in [1.82, 2.24) is 30.7 Å². The topological polar surface area (TPSA) is 105 Å². The largest absolute Gasteiger partial charge is 0.444 e. The quantitative estimate of drug-likeness (QED) is 0.526. The Balaban J connectivity index is 1.84. The molecule has 2 heterocycles. The van der Waals surface area contributed by atoms with Crippen LogP contribution in [-0.2, 0) is 17.7 Å². The zero-order valence-electron chi connectivity index (χ0n) is 17.2. The van der Waals surface area contributed by atoms with Crippen molar-refractivity contribution in [3.8, 4) is 0 Å². The van der Waals surface area contributed by atoms with Crippen LogP contribution in [0.5, 0.6) is 0 Å². The van der Waals surface area contributed by atoms with Gasteiger partial charge in [-0.2, -0.15) is 5.10 Å². The van der Waals surface area contributed by atoms with Crippen molar-refractivity contribution in [2.24, 2.45) is 10.9 Å². The lowest BCUT2D eigenvalue weighted by atomic mass is 10.0. The summed E-state index contributed by atoms with van der Waals surface area (Å²) in [5.41, 5.74) is -0.516. The molecule has 0 saturated carbocycles. The summed E-state index contributed by atoms with van der Waals surface area (Å²) in [6.45, 7) is 11.0. The lowest BCUT2D eigenvalue weighted by Crippen LogP contribution is -2.52. The number of hydrogen-bond acceptors (Lipinski definition) is 5. The first-order valence-corrected chi connectivity index (χ1v) is 9.51. The fourth-order valence-electron chi connectivity index (χ4n) is 2.86. The van der Waals surface area contributed by atoms with Crippen LogP contribution in [0.15, 0.2) is 11.3 Å². The molecule has 0 saturated heterocycles. The van der Waals surface area contributed by atoms with Crippen LogP contribution in [0.3, 0.4) is 0 Å². The van der Waals surface area contributed by atoms with Gasteiger partial charge in [0.15, 0.2) is 5.96 Å². The molecule has 9 nitrogen and oxygen atoms in total. The van der Waals surface area contributed by atoms with Gasteiger partial charge < -0.3 is 20.7 Å². The van der Waals surface area contributed by atoms with Crippen molar-refractivity contribution in [3.63, 3.8) is 0 Å². The summed E-state index contributed by atoms with van der Waals surface area (Å²) in [6.07, 6.45) is 3.06. The lowest BCUT2D eigenvalue weighted by Gasteiger charge is -2.28. The van der Waals surface area contributed by atoms with Gasteiger partial charge in [-0.15, -0.1) is 0 Å². The number of carbonyl (C=O) groups excluding carboxylic acids is 1. The summed E-state index contributed by atoms with van der Waals surface area (Å²) in [5, 5.41) is 13.9. The van der Waals surface area contributed by atoms with E-state index in [0.29, 0.717) is 12.5 Å². The molecule has 1 aromatic rings. The Hall–Kier alpha value is -2.32. The van der Waals surface area contributed by atoms with Gasteiger partial charge in [0.05, 0.1) is 12.6 Å². The van der Waals surface area contributed by atoms with Gasteiger partial charge in [-0.05, 0) is 33.1 Å². The van der Waals surface area contributed by atoms with Crippen LogP contribution in [0.4, 0.5) is 4.79 Å². The third-order valence-electron chi connectivity index (χ3n) is 4.37. The molecule has 9 heteroatoms. The summed E-state index contributed by atoms with van der Waals surface area (Å²) in [7, 11) is 1.74. The van der Waals surface area contributed by atoms with Crippen LogP contribution in [0.2, 0.25) is 0 Å². The number of aryl methyl sites for hydroxylation is 1. The van der Waals surface area contributed by atoms with Gasteiger partial charge in [0, 0.05) is 26.1 Å². The predicted octanol–water partition coefficient (Wildman–Crippen LogP) is 1.31. The maximum Gasteiger partial charge on any atom is 0.407 e. The summed E-state index contributed by atoms with van der Waals surface area (Å²) in [6, 6.07) is 0.161. The summed E-state index contributed by atoms with van der Waals surface area (Å²) in [4.78, 5) is 20.6. The minimum absolute atomic E-state index is 0.0772. The SMILES string of the molecule is CN=C(NCC(NC(=O)OC(C)(C)C)C(C)C)NC1CCc2ncnn2C1. The van der Waals surface area contributed by atoms with Gasteiger partial charge in [0.2, 0.25) is 0 Å². The molecule has 0 fully saturated rings. The summed E-state index contributed by atoms with van der Waals surface area (Å²) < 4.78 is 7.29. The summed E-state index contributed by atoms with van der Waals surface area (Å²) in [5.74, 6) is 1.98. The molecule has 3 N–H and O–H groups in total. The second-order valence-corrected chi connectivity index (χ2v) is 8.19. The number of ether oxygens (including phenoxy) is 1. The van der Waals surface area contributed by atoms with E-state index >= 15 is 0 Å². The second kappa shape index (κ2) is 9.05. The predicted molar refractivity (Wildman–Crippen MR) is 105 cm³/mol. The average molecular weight is 380 g/mol. The normalized spacial score (nSPS) is 18.6. The van der Waals surface area contributed by atoms with E-state index in [2.05, 4.69) is 44.9 Å². The molecule has 1 amide bonds. The molecule has 0 radical (unpaired) electrons. The molecule has 27 heavy (non-hydrogen) atoms. The number of carbonyl (C=O) groups is 1. The van der Waals surface area contributed by atoms with Crippen molar-refractivity contribution in [3.05, 3.63) is 12.2 Å². The Morgan fingerprint density at radius 2 is 2.19 bits per heavy atom.